The Balaban J connectivity index is 2.91. The quantitative estimate of drug-likeness (QED) is 0.849. The molecule has 5 nitrogen and oxygen atoms in total. The normalized spacial score (nSPS) is 12.3. The van der Waals surface area contributed by atoms with Gasteiger partial charge in [0.05, 0.1) is 11.3 Å². The number of aryl methyl sites for hydroxylation is 2. The summed E-state index contributed by atoms with van der Waals surface area (Å²) in [6, 6.07) is 2.50. The number of aliphatic carboxylic acids is 1. The molecule has 0 radical (unpaired) electrons. The van der Waals surface area contributed by atoms with E-state index in [4.69, 9.17) is 5.11 Å². The number of hydrogen-bond donors (Lipinski definition) is 2. The maximum absolute atomic E-state index is 12.0. The zero-order valence-electron chi connectivity index (χ0n) is 11.0. The summed E-state index contributed by atoms with van der Waals surface area (Å²) in [4.78, 5) is 27.2. The molecule has 0 aliphatic carbocycles. The van der Waals surface area contributed by atoms with Crippen LogP contribution in [0.15, 0.2) is 12.1 Å². The second-order valence-corrected chi connectivity index (χ2v) is 4.62. The predicted octanol–water partition coefficient (Wildman–Crippen LogP) is 1.54. The summed E-state index contributed by atoms with van der Waals surface area (Å²) in [6.45, 7) is 7.06. The first-order chi connectivity index (χ1) is 8.32. The van der Waals surface area contributed by atoms with Gasteiger partial charge in [-0.1, -0.05) is 13.8 Å². The van der Waals surface area contributed by atoms with Gasteiger partial charge in [-0.15, -0.1) is 0 Å². The van der Waals surface area contributed by atoms with Crippen LogP contribution in [0.25, 0.3) is 0 Å². The molecule has 0 aromatic carbocycles. The monoisotopic (exact) mass is 250 g/mol. The smallest absolute Gasteiger partial charge is 0.326 e. The van der Waals surface area contributed by atoms with E-state index >= 15 is 0 Å². The second-order valence-electron chi connectivity index (χ2n) is 4.62. The molecule has 0 saturated heterocycles. The van der Waals surface area contributed by atoms with Crippen molar-refractivity contribution in [3.8, 4) is 0 Å². The van der Waals surface area contributed by atoms with Crippen LogP contribution in [0.1, 0.15) is 35.6 Å². The highest BCUT2D eigenvalue weighted by Crippen LogP contribution is 2.09. The lowest BCUT2D eigenvalue weighted by molar-refractivity contribution is -0.140. The standard InChI is InChI=1S/C13H18N2O3/c1-7(2)11(13(17)18)15-12(16)10-6-5-8(3)14-9(10)4/h5-7,11H,1-4H3,(H,15,16)(H,17,18)/t11-/m1/s1. The number of pyridine rings is 1. The summed E-state index contributed by atoms with van der Waals surface area (Å²) in [7, 11) is 0. The van der Waals surface area contributed by atoms with Gasteiger partial charge in [-0.05, 0) is 31.9 Å². The van der Waals surface area contributed by atoms with Gasteiger partial charge in [-0.2, -0.15) is 0 Å². The molecule has 0 spiro atoms. The van der Waals surface area contributed by atoms with Crippen LogP contribution in [0, 0.1) is 19.8 Å². The molecule has 0 unspecified atom stereocenters. The number of carbonyl (C=O) groups is 2. The molecule has 0 saturated carbocycles. The van der Waals surface area contributed by atoms with Gasteiger partial charge in [0.2, 0.25) is 0 Å². The Labute approximate surface area is 106 Å². The minimum Gasteiger partial charge on any atom is -0.480 e. The van der Waals surface area contributed by atoms with Crippen molar-refractivity contribution >= 4 is 11.9 Å². The molecule has 1 rings (SSSR count). The Hall–Kier alpha value is -1.91. The fourth-order valence-electron chi connectivity index (χ4n) is 1.66. The van der Waals surface area contributed by atoms with Gasteiger partial charge in [-0.3, -0.25) is 9.78 Å². The summed E-state index contributed by atoms with van der Waals surface area (Å²) in [5.74, 6) is -1.61. The van der Waals surface area contributed by atoms with Gasteiger partial charge in [0.25, 0.3) is 5.91 Å². The van der Waals surface area contributed by atoms with Crippen molar-refractivity contribution in [2.24, 2.45) is 5.92 Å². The maximum atomic E-state index is 12.0. The van der Waals surface area contributed by atoms with Crippen LogP contribution in [-0.2, 0) is 4.79 Å². The summed E-state index contributed by atoms with van der Waals surface area (Å²) in [6.07, 6.45) is 0. The number of carbonyl (C=O) groups excluding carboxylic acids is 1. The first kappa shape index (κ1) is 14.2. The second kappa shape index (κ2) is 5.62. The first-order valence-corrected chi connectivity index (χ1v) is 5.81. The van der Waals surface area contributed by atoms with E-state index < -0.39 is 17.9 Å². The highest BCUT2D eigenvalue weighted by atomic mass is 16.4. The van der Waals surface area contributed by atoms with Crippen LogP contribution < -0.4 is 5.32 Å². The number of hydrogen-bond acceptors (Lipinski definition) is 3. The zero-order chi connectivity index (χ0) is 13.9. The Morgan fingerprint density at radius 1 is 1.28 bits per heavy atom. The SMILES string of the molecule is Cc1ccc(C(=O)N[C@@H](C(=O)O)C(C)C)c(C)n1. The average Bonchev–Trinajstić information content (AvgIpc) is 2.24. The Kier molecular flexibility index (Phi) is 4.42. The molecule has 2 N–H and O–H groups in total. The van der Waals surface area contributed by atoms with Crippen LogP contribution in [0.5, 0.6) is 0 Å². The molecule has 0 fully saturated rings. The highest BCUT2D eigenvalue weighted by molar-refractivity contribution is 5.97. The molecule has 18 heavy (non-hydrogen) atoms. The molecule has 1 heterocycles. The average molecular weight is 250 g/mol. The van der Waals surface area contributed by atoms with Gasteiger partial charge < -0.3 is 10.4 Å². The largest absolute Gasteiger partial charge is 0.480 e. The van der Waals surface area contributed by atoms with E-state index in [1.807, 2.05) is 6.92 Å². The van der Waals surface area contributed by atoms with Crippen LogP contribution in [-0.4, -0.2) is 28.0 Å². The molecule has 5 heteroatoms. The zero-order valence-corrected chi connectivity index (χ0v) is 11.0. The number of carboxylic acids is 1. The van der Waals surface area contributed by atoms with Crippen LogP contribution in [0.3, 0.4) is 0 Å². The summed E-state index contributed by atoms with van der Waals surface area (Å²) in [5.41, 5.74) is 1.83. The summed E-state index contributed by atoms with van der Waals surface area (Å²) >= 11 is 0. The number of nitrogens with one attached hydrogen (secondary N) is 1. The fraction of sp³-hybridized carbons (Fsp3) is 0.462. The molecule has 0 bridgehead atoms. The van der Waals surface area contributed by atoms with E-state index in [0.717, 1.165) is 5.69 Å². The van der Waals surface area contributed by atoms with Crippen LogP contribution >= 0.6 is 0 Å². The number of rotatable bonds is 4. The number of carboxylic acid groups (broad SMARTS) is 1. The Morgan fingerprint density at radius 2 is 1.89 bits per heavy atom. The number of amides is 1. The first-order valence-electron chi connectivity index (χ1n) is 5.81. The van der Waals surface area contributed by atoms with E-state index in [1.165, 1.54) is 0 Å². The lowest BCUT2D eigenvalue weighted by atomic mass is 10.0. The molecule has 0 aliphatic heterocycles. The van der Waals surface area contributed by atoms with E-state index in [0.29, 0.717) is 11.3 Å². The van der Waals surface area contributed by atoms with E-state index in [-0.39, 0.29) is 5.92 Å². The van der Waals surface area contributed by atoms with Gasteiger partial charge in [0, 0.05) is 5.69 Å². The number of nitrogens with zero attached hydrogens (tertiary/aromatic N) is 1. The van der Waals surface area contributed by atoms with Gasteiger partial charge in [0.15, 0.2) is 0 Å². The van der Waals surface area contributed by atoms with Crippen molar-refractivity contribution in [1.82, 2.24) is 10.3 Å². The van der Waals surface area contributed by atoms with Crippen molar-refractivity contribution in [3.05, 3.63) is 29.1 Å². The topological polar surface area (TPSA) is 79.3 Å². The minimum absolute atomic E-state index is 0.176. The van der Waals surface area contributed by atoms with E-state index in [9.17, 15) is 9.59 Å². The lowest BCUT2D eigenvalue weighted by Crippen LogP contribution is -2.44. The third kappa shape index (κ3) is 3.29. The fourth-order valence-corrected chi connectivity index (χ4v) is 1.66. The van der Waals surface area contributed by atoms with Gasteiger partial charge >= 0.3 is 5.97 Å². The molecule has 0 aliphatic rings. The van der Waals surface area contributed by atoms with Crippen LogP contribution in [0.4, 0.5) is 0 Å². The van der Waals surface area contributed by atoms with E-state index in [2.05, 4.69) is 10.3 Å². The lowest BCUT2D eigenvalue weighted by Gasteiger charge is -2.18. The molecular weight excluding hydrogens is 232 g/mol. The van der Waals surface area contributed by atoms with Crippen molar-refractivity contribution in [1.29, 1.82) is 0 Å². The Bertz CT molecular complexity index is 469. The van der Waals surface area contributed by atoms with Crippen molar-refractivity contribution in [2.45, 2.75) is 33.7 Å². The molecule has 98 valence electrons. The van der Waals surface area contributed by atoms with Gasteiger partial charge in [0.1, 0.15) is 6.04 Å². The molecule has 1 aromatic rings. The molecule has 1 atom stereocenters. The Morgan fingerprint density at radius 3 is 2.33 bits per heavy atom. The third-order valence-corrected chi connectivity index (χ3v) is 2.69. The summed E-state index contributed by atoms with van der Waals surface area (Å²) in [5, 5.41) is 11.5. The van der Waals surface area contributed by atoms with Crippen molar-refractivity contribution in [2.75, 3.05) is 0 Å². The minimum atomic E-state index is -1.03. The molecule has 1 amide bonds. The van der Waals surface area contributed by atoms with Gasteiger partial charge in [-0.25, -0.2) is 4.79 Å². The van der Waals surface area contributed by atoms with Crippen molar-refractivity contribution in [3.63, 3.8) is 0 Å². The van der Waals surface area contributed by atoms with E-state index in [1.54, 1.807) is 32.9 Å². The number of aromatic nitrogens is 1. The third-order valence-electron chi connectivity index (χ3n) is 2.69. The highest BCUT2D eigenvalue weighted by Gasteiger charge is 2.24. The summed E-state index contributed by atoms with van der Waals surface area (Å²) < 4.78 is 0. The van der Waals surface area contributed by atoms with Crippen molar-refractivity contribution < 1.29 is 14.7 Å². The maximum Gasteiger partial charge on any atom is 0.326 e. The predicted molar refractivity (Wildman–Crippen MR) is 67.4 cm³/mol. The molecule has 1 aromatic heterocycles. The van der Waals surface area contributed by atoms with Crippen LogP contribution in [0.2, 0.25) is 0 Å². The molecular formula is C13H18N2O3.